The summed E-state index contributed by atoms with van der Waals surface area (Å²) in [6.07, 6.45) is 0.733. The Balaban J connectivity index is 1.58. The van der Waals surface area contributed by atoms with Gasteiger partial charge in [0.2, 0.25) is 53.2 Å². The van der Waals surface area contributed by atoms with E-state index in [1.54, 1.807) is 54.7 Å². The number of aromatic nitrogens is 1. The molecule has 81 heavy (non-hydrogen) atoms. The van der Waals surface area contributed by atoms with Gasteiger partial charge in [-0.15, -0.1) is 0 Å². The number of aliphatic carboxylic acids is 1. The van der Waals surface area contributed by atoms with Gasteiger partial charge >= 0.3 is 5.97 Å². The number of H-pyrrole nitrogens is 1. The molecule has 1 saturated heterocycles. The van der Waals surface area contributed by atoms with Crippen molar-refractivity contribution in [2.75, 3.05) is 19.6 Å². The van der Waals surface area contributed by atoms with Crippen molar-refractivity contribution in [1.29, 1.82) is 10.8 Å². The van der Waals surface area contributed by atoms with Crippen LogP contribution in [0.1, 0.15) is 85.3 Å². The van der Waals surface area contributed by atoms with Crippen LogP contribution < -0.4 is 70.4 Å². The fraction of sp³-hybridized carbons (Fsp3) is 0.407. The minimum atomic E-state index is -1.72. The summed E-state index contributed by atoms with van der Waals surface area (Å²) in [5.74, 6) is -9.68. The summed E-state index contributed by atoms with van der Waals surface area (Å²) in [6.45, 7) is 1.33. The van der Waals surface area contributed by atoms with Crippen molar-refractivity contribution >= 4 is 82.0 Å². The number of hydrogen-bond donors (Lipinski definition) is 17. The molecule has 0 saturated carbocycles. The number of carboxylic acids is 1. The Labute approximate surface area is 466 Å². The number of nitrogens with two attached hydrogens (primary N) is 3. The first-order chi connectivity index (χ1) is 38.7. The molecule has 0 aliphatic carbocycles. The van der Waals surface area contributed by atoms with E-state index in [0.29, 0.717) is 16.7 Å². The summed E-state index contributed by atoms with van der Waals surface area (Å²) >= 11 is 0. The molecule has 5 rings (SSSR count). The first kappa shape index (κ1) is 62.3. The summed E-state index contributed by atoms with van der Waals surface area (Å²) in [4.78, 5) is 141. The van der Waals surface area contributed by atoms with Gasteiger partial charge in [-0.05, 0) is 79.8 Å². The highest BCUT2D eigenvalue weighted by Gasteiger charge is 2.35. The molecule has 1 aliphatic heterocycles. The SMILES string of the molecule is CC(=O)N[C@@H](CCCNC(=N)N)C(=O)N[C@H]1CC(=O)NCCCC[C@@H](C(=O)O)NC(=O)[C@H](Cc2c[nH]c3ccccc23)NC(=O)[C@H](CCCNC(=N)N)NC(=O)[C@@H](Cc2ccccc2)NC(=O)[C@H](Cc2ccc(C(N)=O)cc2)NC1=O. The summed E-state index contributed by atoms with van der Waals surface area (Å²) in [5, 5.41) is 52.4. The number of guanidine groups is 2. The predicted octanol–water partition coefficient (Wildman–Crippen LogP) is -1.99. The average Bonchev–Trinajstić information content (AvgIpc) is 4.05. The van der Waals surface area contributed by atoms with Crippen molar-refractivity contribution in [3.63, 3.8) is 0 Å². The monoisotopic (exact) mass is 1120 g/mol. The van der Waals surface area contributed by atoms with Crippen LogP contribution in [0, 0.1) is 10.8 Å². The zero-order chi connectivity index (χ0) is 59.0. The summed E-state index contributed by atoms with van der Waals surface area (Å²) < 4.78 is 0. The lowest BCUT2D eigenvalue weighted by atomic mass is 10.00. The number of fused-ring (bicyclic) bond motifs is 1. The van der Waals surface area contributed by atoms with Gasteiger partial charge in [-0.3, -0.25) is 54.0 Å². The number of nitrogens with one attached hydrogen (secondary N) is 13. The van der Waals surface area contributed by atoms with Crippen LogP contribution >= 0.6 is 0 Å². The number of primary amides is 1. The van der Waals surface area contributed by atoms with Crippen LogP contribution in [0.5, 0.6) is 0 Å². The van der Waals surface area contributed by atoms with Crippen LogP contribution in [0.25, 0.3) is 10.9 Å². The molecular weight excluding hydrogens is 1050 g/mol. The van der Waals surface area contributed by atoms with Gasteiger partial charge in [0.25, 0.3) is 0 Å². The number of carbonyl (C=O) groups is 10. The smallest absolute Gasteiger partial charge is 0.326 e. The standard InChI is InChI=1S/C54H72N16O11/c1-30(71)64-37(16-9-23-61-53(56)57)46(74)70-43-28-44(72)60-22-8-7-15-39(52(80)81)66-50(78)42(27-34-29-63-36-14-6-5-13-35(34)36)69-47(75)38(17-10-24-62-54(58)59)65-48(76)40(25-31-11-3-2-4-12-31)67-49(77)41(68-51(43)79)26-32-18-20-33(21-19-32)45(55)73/h2-6,11-14,18-21,29,37-43,63H,7-10,15-17,22-28H2,1H3,(H2,55,73)(H,60,72)(H,64,71)(H,65,76)(H,66,78)(H,67,77)(H,68,79)(H,69,75)(H,70,74)(H,80,81)(H4,56,57,61)(H4,58,59,62)/t37-,38-,39-,40+,41-,42-,43-/m0/s1. The fourth-order valence-corrected chi connectivity index (χ4v) is 8.94. The van der Waals surface area contributed by atoms with E-state index in [-0.39, 0.29) is 101 Å². The Bertz CT molecular complexity index is 2900. The van der Waals surface area contributed by atoms with Crippen LogP contribution in [0.2, 0.25) is 0 Å². The van der Waals surface area contributed by atoms with E-state index in [9.17, 15) is 53.1 Å². The van der Waals surface area contributed by atoms with Crippen molar-refractivity contribution < 1.29 is 53.1 Å². The molecule has 9 amide bonds. The molecule has 27 heteroatoms. The molecule has 27 nitrogen and oxygen atoms in total. The minimum Gasteiger partial charge on any atom is -0.480 e. The fourth-order valence-electron chi connectivity index (χ4n) is 8.94. The van der Waals surface area contributed by atoms with Crippen molar-refractivity contribution in [1.82, 2.24) is 58.2 Å². The first-order valence-corrected chi connectivity index (χ1v) is 26.4. The number of para-hydroxylation sites is 1. The van der Waals surface area contributed by atoms with E-state index in [0.717, 1.165) is 10.9 Å². The molecule has 7 atom stereocenters. The van der Waals surface area contributed by atoms with Crippen molar-refractivity contribution in [3.8, 4) is 0 Å². The van der Waals surface area contributed by atoms with E-state index in [1.807, 2.05) is 6.07 Å². The summed E-state index contributed by atoms with van der Waals surface area (Å²) in [6, 6.07) is 11.1. The van der Waals surface area contributed by atoms with Gasteiger partial charge < -0.3 is 80.5 Å². The second-order valence-electron chi connectivity index (χ2n) is 19.5. The van der Waals surface area contributed by atoms with Gasteiger partial charge in [0.1, 0.15) is 42.3 Å². The number of carbonyl (C=O) groups excluding carboxylic acids is 9. The topological polar surface area (TPSA) is 453 Å². The Kier molecular flexibility index (Phi) is 23.9. The number of amides is 9. The molecule has 2 heterocycles. The van der Waals surface area contributed by atoms with Crippen molar-refractivity contribution in [3.05, 3.63) is 107 Å². The summed E-state index contributed by atoms with van der Waals surface area (Å²) in [5.41, 5.74) is 18.8. The third-order valence-electron chi connectivity index (χ3n) is 13.1. The molecule has 434 valence electrons. The number of benzene rings is 3. The summed E-state index contributed by atoms with van der Waals surface area (Å²) in [7, 11) is 0. The van der Waals surface area contributed by atoms with Gasteiger partial charge in [0.15, 0.2) is 11.9 Å². The van der Waals surface area contributed by atoms with Crippen LogP contribution in [0.3, 0.4) is 0 Å². The zero-order valence-corrected chi connectivity index (χ0v) is 44.8. The molecule has 0 bridgehead atoms. The van der Waals surface area contributed by atoms with Crippen LogP contribution in [-0.2, 0) is 62.4 Å². The predicted molar refractivity (Wildman–Crippen MR) is 297 cm³/mol. The van der Waals surface area contributed by atoms with Gasteiger partial charge in [-0.25, -0.2) is 4.79 Å². The Morgan fingerprint density at radius 3 is 1.84 bits per heavy atom. The van der Waals surface area contributed by atoms with Crippen LogP contribution in [0.4, 0.5) is 0 Å². The lowest BCUT2D eigenvalue weighted by molar-refractivity contribution is -0.142. The van der Waals surface area contributed by atoms with Gasteiger partial charge in [0, 0.05) is 68.5 Å². The zero-order valence-electron chi connectivity index (χ0n) is 44.8. The third-order valence-corrected chi connectivity index (χ3v) is 13.1. The third kappa shape index (κ3) is 20.6. The lowest BCUT2D eigenvalue weighted by Gasteiger charge is -2.28. The highest BCUT2D eigenvalue weighted by atomic mass is 16.4. The van der Waals surface area contributed by atoms with E-state index in [2.05, 4.69) is 58.2 Å². The normalized spacial score (nSPS) is 20.3. The van der Waals surface area contributed by atoms with E-state index in [4.69, 9.17) is 28.0 Å². The van der Waals surface area contributed by atoms with Crippen molar-refractivity contribution in [2.45, 2.75) is 120 Å². The number of carboxylic acid groups (broad SMARTS) is 1. The van der Waals surface area contributed by atoms with Gasteiger partial charge in [-0.1, -0.05) is 60.7 Å². The second-order valence-corrected chi connectivity index (χ2v) is 19.5. The van der Waals surface area contributed by atoms with Crippen LogP contribution in [-0.4, -0.2) is 143 Å². The van der Waals surface area contributed by atoms with E-state index < -0.39 is 108 Å². The Hall–Kier alpha value is -9.56. The van der Waals surface area contributed by atoms with E-state index >= 15 is 0 Å². The quantitative estimate of drug-likeness (QED) is 0.0275. The van der Waals surface area contributed by atoms with Gasteiger partial charge in [-0.2, -0.15) is 0 Å². The van der Waals surface area contributed by atoms with Gasteiger partial charge in [0.05, 0.1) is 6.42 Å². The molecule has 1 aromatic heterocycles. The molecule has 3 aromatic carbocycles. The molecule has 4 aromatic rings. The largest absolute Gasteiger partial charge is 0.480 e. The molecule has 0 radical (unpaired) electrons. The molecule has 1 fully saturated rings. The Morgan fingerprint density at radius 1 is 0.667 bits per heavy atom. The molecule has 1 aliphatic rings. The van der Waals surface area contributed by atoms with Crippen molar-refractivity contribution in [2.24, 2.45) is 17.2 Å². The molecule has 20 N–H and O–H groups in total. The first-order valence-electron chi connectivity index (χ1n) is 26.4. The maximum atomic E-state index is 14.9. The highest BCUT2D eigenvalue weighted by Crippen LogP contribution is 2.20. The van der Waals surface area contributed by atoms with Crippen LogP contribution in [0.15, 0.2) is 85.1 Å². The maximum Gasteiger partial charge on any atom is 0.326 e. The maximum absolute atomic E-state index is 14.9. The molecular formula is C54H72N16O11. The van der Waals surface area contributed by atoms with E-state index in [1.165, 1.54) is 31.2 Å². The molecule has 0 unspecified atom stereocenters. The minimum absolute atomic E-state index is 0.0101. The number of aromatic amines is 1. The number of hydrogen-bond acceptors (Lipinski definition) is 12. The Morgan fingerprint density at radius 2 is 1.22 bits per heavy atom. The average molecular weight is 1120 g/mol. The molecule has 0 spiro atoms. The lowest BCUT2D eigenvalue weighted by Crippen LogP contribution is -2.61. The number of rotatable bonds is 19. The second kappa shape index (κ2) is 31.1. The highest BCUT2D eigenvalue weighted by molar-refractivity contribution is 5.99.